The molecule has 4 rings (SSSR count). The highest BCUT2D eigenvalue weighted by atomic mass is 16.5. The van der Waals surface area contributed by atoms with Crippen molar-refractivity contribution < 1.29 is 24.5 Å². The van der Waals surface area contributed by atoms with Crippen LogP contribution in [0.15, 0.2) is 12.2 Å². The predicted molar refractivity (Wildman–Crippen MR) is 201 cm³/mol. The van der Waals surface area contributed by atoms with Gasteiger partial charge in [-0.15, -0.1) is 0 Å². The summed E-state index contributed by atoms with van der Waals surface area (Å²) in [6.07, 6.45) is 34.0. The highest BCUT2D eigenvalue weighted by Crippen LogP contribution is 2.68. The molecule has 49 heavy (non-hydrogen) atoms. The molecule has 0 aromatic carbocycles. The number of allylic oxidation sites excluding steroid dienone is 2. The summed E-state index contributed by atoms with van der Waals surface area (Å²) in [4.78, 5) is 24.1. The molecule has 0 heterocycles. The third kappa shape index (κ3) is 10.8. The third-order valence-corrected chi connectivity index (χ3v) is 14.7. The van der Waals surface area contributed by atoms with Crippen LogP contribution in [0.25, 0.3) is 0 Å². The molecule has 4 fully saturated rings. The number of esters is 1. The quantitative estimate of drug-likeness (QED) is 0.0673. The van der Waals surface area contributed by atoms with Crippen LogP contribution in [-0.2, 0) is 14.3 Å². The number of aliphatic hydroxyl groups excluding tert-OH is 1. The number of fused-ring (bicyclic) bond motifs is 5. The Hall–Kier alpha value is -1.36. The van der Waals surface area contributed by atoms with Crippen LogP contribution in [0.3, 0.4) is 0 Å². The number of hydrogen-bond donors (Lipinski definition) is 2. The number of unbranched alkanes of at least 4 members (excludes halogenated alkanes) is 13. The molecule has 4 aliphatic carbocycles. The van der Waals surface area contributed by atoms with Crippen molar-refractivity contribution in [2.45, 2.75) is 207 Å². The summed E-state index contributed by atoms with van der Waals surface area (Å²) < 4.78 is 6.10. The van der Waals surface area contributed by atoms with Gasteiger partial charge in [-0.3, -0.25) is 9.59 Å². The number of carboxylic acids is 1. The summed E-state index contributed by atoms with van der Waals surface area (Å²) in [7, 11) is 0. The zero-order valence-electron chi connectivity index (χ0n) is 32.3. The van der Waals surface area contributed by atoms with E-state index in [0.717, 1.165) is 44.9 Å². The van der Waals surface area contributed by atoms with Crippen molar-refractivity contribution in [3.05, 3.63) is 12.2 Å². The van der Waals surface area contributed by atoms with Crippen LogP contribution >= 0.6 is 0 Å². The molecule has 0 spiro atoms. The second kappa shape index (κ2) is 20.0. The molecule has 4 aliphatic rings. The van der Waals surface area contributed by atoms with Crippen molar-refractivity contribution in [3.63, 3.8) is 0 Å². The topological polar surface area (TPSA) is 83.8 Å². The van der Waals surface area contributed by atoms with Gasteiger partial charge < -0.3 is 14.9 Å². The van der Waals surface area contributed by atoms with E-state index in [-0.39, 0.29) is 35.4 Å². The first-order valence-electron chi connectivity index (χ1n) is 21.4. The Bertz CT molecular complexity index is 1020. The van der Waals surface area contributed by atoms with Gasteiger partial charge in [-0.05, 0) is 136 Å². The van der Waals surface area contributed by atoms with Gasteiger partial charge in [0.15, 0.2) is 0 Å². The van der Waals surface area contributed by atoms with E-state index in [1.165, 1.54) is 103 Å². The van der Waals surface area contributed by atoms with Gasteiger partial charge in [-0.1, -0.05) is 104 Å². The van der Waals surface area contributed by atoms with Gasteiger partial charge in [0.05, 0.1) is 6.10 Å². The van der Waals surface area contributed by atoms with Gasteiger partial charge >= 0.3 is 11.9 Å². The van der Waals surface area contributed by atoms with Crippen LogP contribution in [0.5, 0.6) is 0 Å². The fourth-order valence-corrected chi connectivity index (χ4v) is 11.7. The van der Waals surface area contributed by atoms with Crippen LogP contribution in [-0.4, -0.2) is 34.4 Å². The molecule has 0 aliphatic heterocycles. The molecule has 5 heteroatoms. The molecular weight excluding hydrogens is 608 g/mol. The molecule has 10 atom stereocenters. The largest absolute Gasteiger partial charge is 0.481 e. The fraction of sp³-hybridized carbons (Fsp3) is 0.909. The Morgan fingerprint density at radius 3 is 2.06 bits per heavy atom. The van der Waals surface area contributed by atoms with Crippen molar-refractivity contribution in [2.75, 3.05) is 0 Å². The first-order chi connectivity index (χ1) is 23.6. The van der Waals surface area contributed by atoms with Crippen molar-refractivity contribution in [1.82, 2.24) is 0 Å². The number of carbonyl (C=O) groups excluding carboxylic acids is 1. The lowest BCUT2D eigenvalue weighted by molar-refractivity contribution is -0.181. The Labute approximate surface area is 301 Å². The van der Waals surface area contributed by atoms with Gasteiger partial charge in [0.25, 0.3) is 0 Å². The lowest BCUT2D eigenvalue weighted by Gasteiger charge is -2.62. The monoisotopic (exact) mass is 685 g/mol. The standard InChI is InChI=1S/C44H76O5/c1-5-6-7-8-9-10-11-12-13-14-15-16-17-18-19-20-21-22-42(48)49-35-29-30-43(3)34(31-35)24-25-36-38-27-26-37(33(2)23-28-41(46)47)44(38,4)40(45)32-39(36)43/h12-13,33-40,45H,5-11,14-32H2,1-4H3,(H,46,47)/b13-12-. The maximum atomic E-state index is 12.8. The zero-order chi connectivity index (χ0) is 35.3. The summed E-state index contributed by atoms with van der Waals surface area (Å²) in [6, 6.07) is 0. The SMILES string of the molecule is CCCCCCCC/C=C\CCCCCCCCCC(=O)OC1CCC2(C)C(CCC3C2CC(O)C2(C)C(C(C)CCC(=O)O)CCC32)C1. The molecule has 0 amide bonds. The summed E-state index contributed by atoms with van der Waals surface area (Å²) >= 11 is 0. The summed E-state index contributed by atoms with van der Waals surface area (Å²) in [6.45, 7) is 9.34. The van der Waals surface area contributed by atoms with E-state index in [2.05, 4.69) is 39.8 Å². The van der Waals surface area contributed by atoms with Crippen LogP contribution in [0.2, 0.25) is 0 Å². The molecule has 0 bridgehead atoms. The number of rotatable bonds is 22. The fourth-order valence-electron chi connectivity index (χ4n) is 11.7. The Balaban J connectivity index is 1.08. The maximum absolute atomic E-state index is 12.8. The minimum Gasteiger partial charge on any atom is -0.481 e. The lowest BCUT2D eigenvalue weighted by Crippen LogP contribution is -2.59. The minimum atomic E-state index is -0.711. The molecule has 0 aromatic rings. The van der Waals surface area contributed by atoms with Crippen LogP contribution in [0.4, 0.5) is 0 Å². The van der Waals surface area contributed by atoms with Crippen molar-refractivity contribution >= 4 is 11.9 Å². The van der Waals surface area contributed by atoms with Crippen LogP contribution in [0.1, 0.15) is 195 Å². The zero-order valence-corrected chi connectivity index (χ0v) is 32.3. The normalized spacial score (nSPS) is 34.7. The third-order valence-electron chi connectivity index (χ3n) is 14.7. The molecule has 5 nitrogen and oxygen atoms in total. The Morgan fingerprint density at radius 1 is 0.776 bits per heavy atom. The second-order valence-corrected chi connectivity index (χ2v) is 17.8. The molecule has 10 unspecified atom stereocenters. The number of carbonyl (C=O) groups is 2. The van der Waals surface area contributed by atoms with E-state index >= 15 is 0 Å². The van der Waals surface area contributed by atoms with Crippen molar-refractivity contribution in [1.29, 1.82) is 0 Å². The molecule has 0 aromatic heterocycles. The first-order valence-corrected chi connectivity index (χ1v) is 21.4. The van der Waals surface area contributed by atoms with Gasteiger partial charge in [0.2, 0.25) is 0 Å². The van der Waals surface area contributed by atoms with E-state index in [9.17, 15) is 19.8 Å². The minimum absolute atomic E-state index is 0.00732. The van der Waals surface area contributed by atoms with Crippen LogP contribution < -0.4 is 0 Å². The Morgan fingerprint density at radius 2 is 1.41 bits per heavy atom. The number of ether oxygens (including phenoxy) is 1. The first kappa shape index (κ1) is 40.4. The van der Waals surface area contributed by atoms with E-state index in [0.29, 0.717) is 48.3 Å². The average molecular weight is 685 g/mol. The number of aliphatic hydroxyl groups is 1. The Kier molecular flexibility index (Phi) is 16.5. The molecule has 2 N–H and O–H groups in total. The van der Waals surface area contributed by atoms with E-state index in [1.807, 2.05) is 0 Å². The van der Waals surface area contributed by atoms with Crippen LogP contribution in [0, 0.1) is 46.3 Å². The molecule has 0 radical (unpaired) electrons. The van der Waals surface area contributed by atoms with Crippen molar-refractivity contribution in [3.8, 4) is 0 Å². The van der Waals surface area contributed by atoms with Gasteiger partial charge in [-0.2, -0.15) is 0 Å². The molecular formula is C44H76O5. The summed E-state index contributed by atoms with van der Waals surface area (Å²) in [5.74, 6) is 2.33. The van der Waals surface area contributed by atoms with Crippen molar-refractivity contribution in [2.24, 2.45) is 46.3 Å². The van der Waals surface area contributed by atoms with E-state index in [1.54, 1.807) is 0 Å². The van der Waals surface area contributed by atoms with E-state index < -0.39 is 5.97 Å². The summed E-state index contributed by atoms with van der Waals surface area (Å²) in [5.41, 5.74) is 0.115. The van der Waals surface area contributed by atoms with Gasteiger partial charge in [0.1, 0.15) is 6.10 Å². The smallest absolute Gasteiger partial charge is 0.306 e. The second-order valence-electron chi connectivity index (χ2n) is 17.8. The highest BCUT2D eigenvalue weighted by Gasteiger charge is 2.63. The molecule has 282 valence electrons. The molecule has 0 saturated heterocycles. The lowest BCUT2D eigenvalue weighted by atomic mass is 9.43. The average Bonchev–Trinajstić information content (AvgIpc) is 3.44. The number of carboxylic acid groups (broad SMARTS) is 1. The van der Waals surface area contributed by atoms with E-state index in [4.69, 9.17) is 4.74 Å². The predicted octanol–water partition coefficient (Wildman–Crippen LogP) is 11.8. The summed E-state index contributed by atoms with van der Waals surface area (Å²) in [5, 5.41) is 21.1. The van der Waals surface area contributed by atoms with Gasteiger partial charge in [0, 0.05) is 12.8 Å². The number of hydrogen-bond acceptors (Lipinski definition) is 4. The molecule has 4 saturated carbocycles. The number of aliphatic carboxylic acids is 1. The highest BCUT2D eigenvalue weighted by molar-refractivity contribution is 5.69. The van der Waals surface area contributed by atoms with Gasteiger partial charge in [-0.25, -0.2) is 0 Å². The maximum Gasteiger partial charge on any atom is 0.306 e.